The van der Waals surface area contributed by atoms with Crippen LogP contribution in [-0.2, 0) is 6.54 Å². The highest BCUT2D eigenvalue weighted by atomic mass is 35.5. The maximum Gasteiger partial charge on any atom is 0.254 e. The Morgan fingerprint density at radius 3 is 3.06 bits per heavy atom. The fraction of sp³-hybridized carbons (Fsp3) is 0.100. The van der Waals surface area contributed by atoms with Crippen LogP contribution in [0.5, 0.6) is 0 Å². The monoisotopic (exact) mass is 236 g/mol. The summed E-state index contributed by atoms with van der Waals surface area (Å²) in [7, 11) is 0. The third kappa shape index (κ3) is 2.38. The number of halogens is 1. The van der Waals surface area contributed by atoms with Gasteiger partial charge in [0.25, 0.3) is 5.91 Å². The number of amides is 1. The first-order valence-electron chi connectivity index (χ1n) is 4.63. The number of carbonyl (C=O) groups excluding carboxylic acids is 1. The number of nitrogens with one attached hydrogen (secondary N) is 2. The van der Waals surface area contributed by atoms with Crippen molar-refractivity contribution in [1.82, 2.24) is 20.5 Å². The quantitative estimate of drug-likeness (QED) is 0.846. The van der Waals surface area contributed by atoms with Crippen LogP contribution in [-0.4, -0.2) is 21.1 Å². The number of hydrogen-bond acceptors (Lipinski definition) is 3. The topological polar surface area (TPSA) is 70.7 Å². The highest BCUT2D eigenvalue weighted by Gasteiger charge is 2.09. The van der Waals surface area contributed by atoms with Crippen molar-refractivity contribution < 1.29 is 4.79 Å². The van der Waals surface area contributed by atoms with Crippen LogP contribution in [0.1, 0.15) is 15.9 Å². The molecule has 0 bridgehead atoms. The molecule has 16 heavy (non-hydrogen) atoms. The maximum atomic E-state index is 11.7. The van der Waals surface area contributed by atoms with Crippen LogP contribution in [0.2, 0.25) is 5.02 Å². The van der Waals surface area contributed by atoms with Gasteiger partial charge >= 0.3 is 0 Å². The summed E-state index contributed by atoms with van der Waals surface area (Å²) in [5.74, 6) is -0.251. The smallest absolute Gasteiger partial charge is 0.254 e. The highest BCUT2D eigenvalue weighted by Crippen LogP contribution is 2.13. The van der Waals surface area contributed by atoms with Crippen molar-refractivity contribution in [1.29, 1.82) is 0 Å². The number of carbonyl (C=O) groups is 1. The molecule has 0 spiro atoms. The van der Waals surface area contributed by atoms with E-state index >= 15 is 0 Å². The van der Waals surface area contributed by atoms with Gasteiger partial charge in [-0.3, -0.25) is 14.9 Å². The van der Waals surface area contributed by atoms with Gasteiger partial charge < -0.3 is 5.32 Å². The molecule has 0 unspecified atom stereocenters. The van der Waals surface area contributed by atoms with Crippen LogP contribution in [0.3, 0.4) is 0 Å². The fourth-order valence-corrected chi connectivity index (χ4v) is 1.39. The zero-order valence-corrected chi connectivity index (χ0v) is 9.03. The second-order valence-corrected chi connectivity index (χ2v) is 3.55. The molecule has 0 atom stereocenters. The Labute approximate surface area is 96.8 Å². The molecule has 2 aromatic rings. The molecule has 2 aromatic heterocycles. The van der Waals surface area contributed by atoms with Crippen LogP contribution < -0.4 is 5.32 Å². The normalized spacial score (nSPS) is 10.1. The second-order valence-electron chi connectivity index (χ2n) is 3.14. The predicted octanol–water partition coefficient (Wildman–Crippen LogP) is 1.39. The molecule has 5 nitrogen and oxygen atoms in total. The highest BCUT2D eigenvalue weighted by molar-refractivity contribution is 6.33. The number of nitrogens with zero attached hydrogens (tertiary/aromatic N) is 2. The number of H-pyrrole nitrogens is 1. The van der Waals surface area contributed by atoms with Gasteiger partial charge in [-0.1, -0.05) is 11.6 Å². The van der Waals surface area contributed by atoms with Gasteiger partial charge in [0.2, 0.25) is 0 Å². The Bertz CT molecular complexity index is 483. The Balaban J connectivity index is 2.01. The second kappa shape index (κ2) is 4.76. The number of pyridine rings is 1. The molecule has 0 fully saturated rings. The molecule has 82 valence electrons. The Hall–Kier alpha value is -1.88. The zero-order chi connectivity index (χ0) is 11.4. The molecule has 2 rings (SSSR count). The molecule has 2 N–H and O–H groups in total. The number of aromatic amines is 1. The van der Waals surface area contributed by atoms with Crippen molar-refractivity contribution in [2.45, 2.75) is 6.54 Å². The Morgan fingerprint density at radius 2 is 2.38 bits per heavy atom. The number of rotatable bonds is 3. The van der Waals surface area contributed by atoms with Gasteiger partial charge in [0.05, 0.1) is 16.8 Å². The average molecular weight is 237 g/mol. The van der Waals surface area contributed by atoms with E-state index in [1.807, 2.05) is 0 Å². The summed E-state index contributed by atoms with van der Waals surface area (Å²) < 4.78 is 0. The molecular weight excluding hydrogens is 228 g/mol. The summed E-state index contributed by atoms with van der Waals surface area (Å²) >= 11 is 5.86. The third-order valence-corrected chi connectivity index (χ3v) is 2.35. The van der Waals surface area contributed by atoms with Crippen molar-refractivity contribution in [3.05, 3.63) is 47.0 Å². The van der Waals surface area contributed by atoms with Crippen molar-refractivity contribution in [3.8, 4) is 0 Å². The van der Waals surface area contributed by atoms with Crippen LogP contribution in [0.25, 0.3) is 0 Å². The van der Waals surface area contributed by atoms with Crippen molar-refractivity contribution in [2.24, 2.45) is 0 Å². The first-order valence-corrected chi connectivity index (χ1v) is 5.00. The summed E-state index contributed by atoms with van der Waals surface area (Å²) in [5, 5.41) is 9.55. The van der Waals surface area contributed by atoms with E-state index in [4.69, 9.17) is 11.6 Å². The molecule has 2 heterocycles. The molecule has 0 saturated carbocycles. The molecule has 6 heteroatoms. The van der Waals surface area contributed by atoms with E-state index in [9.17, 15) is 4.79 Å². The van der Waals surface area contributed by atoms with E-state index in [1.54, 1.807) is 18.5 Å². The van der Waals surface area contributed by atoms with E-state index in [-0.39, 0.29) is 5.91 Å². The van der Waals surface area contributed by atoms with E-state index in [0.717, 1.165) is 5.56 Å². The average Bonchev–Trinajstić information content (AvgIpc) is 2.79. The third-order valence-electron chi connectivity index (χ3n) is 2.02. The lowest BCUT2D eigenvalue weighted by atomic mass is 10.2. The van der Waals surface area contributed by atoms with Gasteiger partial charge in [0.1, 0.15) is 0 Å². The summed E-state index contributed by atoms with van der Waals surface area (Å²) in [6.45, 7) is 0.403. The van der Waals surface area contributed by atoms with E-state index in [2.05, 4.69) is 20.5 Å². The first-order chi connectivity index (χ1) is 7.77. The van der Waals surface area contributed by atoms with Gasteiger partial charge in [-0.15, -0.1) is 0 Å². The van der Waals surface area contributed by atoms with Crippen LogP contribution in [0.15, 0.2) is 30.9 Å². The molecule has 0 saturated heterocycles. The Kier molecular flexibility index (Phi) is 3.16. The molecule has 0 radical (unpaired) electrons. The molecule has 0 aliphatic carbocycles. The minimum absolute atomic E-state index is 0.251. The van der Waals surface area contributed by atoms with Crippen LogP contribution in [0.4, 0.5) is 0 Å². The predicted molar refractivity (Wildman–Crippen MR) is 59.0 cm³/mol. The molecule has 0 aliphatic heterocycles. The van der Waals surface area contributed by atoms with Crippen molar-refractivity contribution in [2.75, 3.05) is 0 Å². The van der Waals surface area contributed by atoms with Gasteiger partial charge in [0, 0.05) is 30.7 Å². The van der Waals surface area contributed by atoms with E-state index in [0.29, 0.717) is 17.1 Å². The Morgan fingerprint density at radius 1 is 1.50 bits per heavy atom. The summed E-state index contributed by atoms with van der Waals surface area (Å²) in [5.41, 5.74) is 1.26. The standard InChI is InChI=1S/C10H9ClN4O/c11-9-1-2-12-6-8(9)10(16)13-3-7-4-14-15-5-7/h1-2,4-6H,3H2,(H,13,16)(H,14,15). The number of hydrogen-bond donors (Lipinski definition) is 2. The minimum atomic E-state index is -0.251. The van der Waals surface area contributed by atoms with Crippen LogP contribution in [0, 0.1) is 0 Å². The molecular formula is C10H9ClN4O. The summed E-state index contributed by atoms with van der Waals surface area (Å²) in [4.78, 5) is 15.5. The molecule has 0 aliphatic rings. The lowest BCUT2D eigenvalue weighted by Gasteiger charge is -2.04. The SMILES string of the molecule is O=C(NCc1cn[nH]c1)c1cnccc1Cl. The van der Waals surface area contributed by atoms with Gasteiger partial charge in [-0.05, 0) is 6.07 Å². The summed E-state index contributed by atoms with van der Waals surface area (Å²) in [6.07, 6.45) is 6.33. The zero-order valence-electron chi connectivity index (χ0n) is 8.27. The minimum Gasteiger partial charge on any atom is -0.348 e. The first kappa shape index (κ1) is 10.6. The van der Waals surface area contributed by atoms with E-state index in [1.165, 1.54) is 12.4 Å². The van der Waals surface area contributed by atoms with Gasteiger partial charge in [-0.25, -0.2) is 0 Å². The fourth-order valence-electron chi connectivity index (χ4n) is 1.20. The largest absolute Gasteiger partial charge is 0.348 e. The van der Waals surface area contributed by atoms with E-state index < -0.39 is 0 Å². The van der Waals surface area contributed by atoms with Gasteiger partial charge in [0.15, 0.2) is 0 Å². The van der Waals surface area contributed by atoms with Gasteiger partial charge in [-0.2, -0.15) is 5.10 Å². The van der Waals surface area contributed by atoms with Crippen LogP contribution >= 0.6 is 11.6 Å². The maximum absolute atomic E-state index is 11.7. The van der Waals surface area contributed by atoms with Crippen molar-refractivity contribution in [3.63, 3.8) is 0 Å². The molecule has 1 amide bonds. The molecule has 0 aromatic carbocycles. The number of aromatic nitrogens is 3. The summed E-state index contributed by atoms with van der Waals surface area (Å²) in [6, 6.07) is 1.58. The lowest BCUT2D eigenvalue weighted by molar-refractivity contribution is 0.0950. The van der Waals surface area contributed by atoms with Crippen molar-refractivity contribution >= 4 is 17.5 Å². The lowest BCUT2D eigenvalue weighted by Crippen LogP contribution is -2.23.